The second-order valence-electron chi connectivity index (χ2n) is 6.00. The lowest BCUT2D eigenvalue weighted by molar-refractivity contribution is 0.152. The standard InChI is InChI=1S/C15H32N2/c1-5-8-13(4)14(11-16)17-10-9-15(6-2,7-3)12-17/h13-14H,5-12,16H2,1-4H3. The molecule has 0 spiro atoms. The molecule has 1 saturated heterocycles. The normalized spacial score (nSPS) is 23.8. The van der Waals surface area contributed by atoms with Crippen molar-refractivity contribution < 1.29 is 0 Å². The largest absolute Gasteiger partial charge is 0.329 e. The van der Waals surface area contributed by atoms with Crippen LogP contribution in [0.4, 0.5) is 0 Å². The molecule has 0 aromatic rings. The summed E-state index contributed by atoms with van der Waals surface area (Å²) in [5, 5.41) is 0. The predicted molar refractivity (Wildman–Crippen MR) is 76.1 cm³/mol. The second-order valence-corrected chi connectivity index (χ2v) is 6.00. The van der Waals surface area contributed by atoms with Crippen LogP contribution >= 0.6 is 0 Å². The van der Waals surface area contributed by atoms with Gasteiger partial charge in [-0.1, -0.05) is 34.1 Å². The fourth-order valence-electron chi connectivity index (χ4n) is 3.47. The molecule has 0 bridgehead atoms. The monoisotopic (exact) mass is 240 g/mol. The molecule has 0 aromatic carbocycles. The third-order valence-corrected chi connectivity index (χ3v) is 5.08. The van der Waals surface area contributed by atoms with Crippen molar-refractivity contribution in [1.29, 1.82) is 0 Å². The SMILES string of the molecule is CCCC(C)C(CN)N1CCC(CC)(CC)C1. The van der Waals surface area contributed by atoms with Crippen molar-refractivity contribution in [2.24, 2.45) is 17.1 Å². The number of rotatable bonds is 7. The predicted octanol–water partition coefficient (Wildman–Crippen LogP) is 3.26. The van der Waals surface area contributed by atoms with Gasteiger partial charge in [-0.3, -0.25) is 4.90 Å². The minimum Gasteiger partial charge on any atom is -0.329 e. The van der Waals surface area contributed by atoms with Gasteiger partial charge in [-0.25, -0.2) is 0 Å². The molecule has 0 radical (unpaired) electrons. The highest BCUT2D eigenvalue weighted by molar-refractivity contribution is 4.92. The first kappa shape index (κ1) is 15.0. The van der Waals surface area contributed by atoms with Gasteiger partial charge in [-0.2, -0.15) is 0 Å². The molecular formula is C15H32N2. The summed E-state index contributed by atoms with van der Waals surface area (Å²) >= 11 is 0. The van der Waals surface area contributed by atoms with E-state index in [1.807, 2.05) is 0 Å². The Hall–Kier alpha value is -0.0800. The van der Waals surface area contributed by atoms with Crippen molar-refractivity contribution in [2.75, 3.05) is 19.6 Å². The minimum absolute atomic E-state index is 0.583. The third kappa shape index (κ3) is 3.45. The lowest BCUT2D eigenvalue weighted by Gasteiger charge is -2.34. The zero-order valence-electron chi connectivity index (χ0n) is 12.3. The number of nitrogens with two attached hydrogens (primary N) is 1. The van der Waals surface area contributed by atoms with Gasteiger partial charge < -0.3 is 5.73 Å². The average molecular weight is 240 g/mol. The molecule has 1 aliphatic rings. The van der Waals surface area contributed by atoms with Gasteiger partial charge in [0.1, 0.15) is 0 Å². The summed E-state index contributed by atoms with van der Waals surface area (Å²) < 4.78 is 0. The first-order chi connectivity index (χ1) is 8.12. The summed E-state index contributed by atoms with van der Waals surface area (Å²) in [6.07, 6.45) is 6.59. The van der Waals surface area contributed by atoms with Gasteiger partial charge in [0.2, 0.25) is 0 Å². The van der Waals surface area contributed by atoms with Crippen molar-refractivity contribution in [2.45, 2.75) is 65.8 Å². The molecule has 0 saturated carbocycles. The summed E-state index contributed by atoms with van der Waals surface area (Å²) in [5.41, 5.74) is 6.60. The molecule has 102 valence electrons. The smallest absolute Gasteiger partial charge is 0.0244 e. The van der Waals surface area contributed by atoms with Crippen LogP contribution in [0.5, 0.6) is 0 Å². The summed E-state index contributed by atoms with van der Waals surface area (Å²) in [6, 6.07) is 0.606. The van der Waals surface area contributed by atoms with Crippen LogP contribution in [0.2, 0.25) is 0 Å². The highest BCUT2D eigenvalue weighted by Gasteiger charge is 2.38. The molecular weight excluding hydrogens is 208 g/mol. The van der Waals surface area contributed by atoms with E-state index in [0.29, 0.717) is 11.5 Å². The van der Waals surface area contributed by atoms with Gasteiger partial charge in [0.15, 0.2) is 0 Å². The molecule has 2 heteroatoms. The van der Waals surface area contributed by atoms with Gasteiger partial charge in [-0.05, 0) is 43.6 Å². The maximum absolute atomic E-state index is 6.01. The van der Waals surface area contributed by atoms with Crippen LogP contribution in [0.25, 0.3) is 0 Å². The quantitative estimate of drug-likeness (QED) is 0.740. The fraction of sp³-hybridized carbons (Fsp3) is 1.00. The van der Waals surface area contributed by atoms with Gasteiger partial charge in [-0.15, -0.1) is 0 Å². The fourth-order valence-corrected chi connectivity index (χ4v) is 3.47. The van der Waals surface area contributed by atoms with Gasteiger partial charge in [0.25, 0.3) is 0 Å². The lowest BCUT2D eigenvalue weighted by Crippen LogP contribution is -2.44. The molecule has 2 unspecified atom stereocenters. The van der Waals surface area contributed by atoms with Crippen LogP contribution in [-0.4, -0.2) is 30.6 Å². The van der Waals surface area contributed by atoms with Crippen molar-refractivity contribution in [3.8, 4) is 0 Å². The Kier molecular flexibility index (Phi) is 5.94. The van der Waals surface area contributed by atoms with E-state index >= 15 is 0 Å². The molecule has 0 amide bonds. The Morgan fingerprint density at radius 1 is 1.24 bits per heavy atom. The van der Waals surface area contributed by atoms with Crippen molar-refractivity contribution >= 4 is 0 Å². The van der Waals surface area contributed by atoms with Crippen LogP contribution in [0.3, 0.4) is 0 Å². The summed E-state index contributed by atoms with van der Waals surface area (Å²) in [5.74, 6) is 0.745. The van der Waals surface area contributed by atoms with E-state index in [1.54, 1.807) is 0 Å². The minimum atomic E-state index is 0.583. The topological polar surface area (TPSA) is 29.3 Å². The molecule has 2 N–H and O–H groups in total. The van der Waals surface area contributed by atoms with Crippen LogP contribution < -0.4 is 5.73 Å². The second kappa shape index (κ2) is 6.75. The van der Waals surface area contributed by atoms with E-state index < -0.39 is 0 Å². The highest BCUT2D eigenvalue weighted by Crippen LogP contribution is 2.38. The Labute approximate surface area is 108 Å². The Morgan fingerprint density at radius 3 is 2.29 bits per heavy atom. The molecule has 17 heavy (non-hydrogen) atoms. The maximum atomic E-state index is 6.01. The Bertz CT molecular complexity index is 211. The first-order valence-corrected chi connectivity index (χ1v) is 7.56. The van der Waals surface area contributed by atoms with Crippen molar-refractivity contribution in [3.05, 3.63) is 0 Å². The molecule has 1 aliphatic heterocycles. The summed E-state index contributed by atoms with van der Waals surface area (Å²) in [7, 11) is 0. The van der Waals surface area contributed by atoms with E-state index in [0.717, 1.165) is 12.5 Å². The number of nitrogens with zero attached hydrogens (tertiary/aromatic N) is 1. The van der Waals surface area contributed by atoms with E-state index in [-0.39, 0.29) is 0 Å². The Balaban J connectivity index is 2.60. The number of hydrogen-bond acceptors (Lipinski definition) is 2. The number of hydrogen-bond donors (Lipinski definition) is 1. The molecule has 1 heterocycles. The van der Waals surface area contributed by atoms with E-state index in [2.05, 4.69) is 32.6 Å². The van der Waals surface area contributed by atoms with E-state index in [9.17, 15) is 0 Å². The molecule has 1 rings (SSSR count). The van der Waals surface area contributed by atoms with Gasteiger partial charge in [0.05, 0.1) is 0 Å². The van der Waals surface area contributed by atoms with Gasteiger partial charge in [0, 0.05) is 19.1 Å². The zero-order valence-corrected chi connectivity index (χ0v) is 12.3. The molecule has 0 aromatic heterocycles. The molecule has 2 atom stereocenters. The third-order valence-electron chi connectivity index (χ3n) is 5.08. The molecule has 2 nitrogen and oxygen atoms in total. The van der Waals surface area contributed by atoms with E-state index in [1.165, 1.54) is 45.2 Å². The average Bonchev–Trinajstić information content (AvgIpc) is 2.75. The Morgan fingerprint density at radius 2 is 1.88 bits per heavy atom. The number of likely N-dealkylation sites (tertiary alicyclic amines) is 1. The first-order valence-electron chi connectivity index (χ1n) is 7.56. The van der Waals surface area contributed by atoms with Crippen molar-refractivity contribution in [3.63, 3.8) is 0 Å². The van der Waals surface area contributed by atoms with Crippen LogP contribution in [0, 0.1) is 11.3 Å². The molecule has 0 aliphatic carbocycles. The van der Waals surface area contributed by atoms with Crippen molar-refractivity contribution in [1.82, 2.24) is 4.90 Å². The summed E-state index contributed by atoms with van der Waals surface area (Å²) in [4.78, 5) is 2.67. The van der Waals surface area contributed by atoms with E-state index in [4.69, 9.17) is 5.73 Å². The zero-order chi connectivity index (χ0) is 12.9. The summed E-state index contributed by atoms with van der Waals surface area (Å²) in [6.45, 7) is 12.7. The lowest BCUT2D eigenvalue weighted by atomic mass is 9.82. The van der Waals surface area contributed by atoms with Crippen LogP contribution in [0.15, 0.2) is 0 Å². The van der Waals surface area contributed by atoms with Gasteiger partial charge >= 0.3 is 0 Å². The molecule has 1 fully saturated rings. The highest BCUT2D eigenvalue weighted by atomic mass is 15.2. The van der Waals surface area contributed by atoms with Crippen LogP contribution in [-0.2, 0) is 0 Å². The maximum Gasteiger partial charge on any atom is 0.0244 e. The van der Waals surface area contributed by atoms with Crippen LogP contribution in [0.1, 0.15) is 59.8 Å².